The van der Waals surface area contributed by atoms with Crippen LogP contribution in [-0.4, -0.2) is 22.0 Å². The summed E-state index contributed by atoms with van der Waals surface area (Å²) in [6, 6.07) is 17.9. The smallest absolute Gasteiger partial charge is 0.175 e. The molecule has 1 heterocycles. The molecule has 2 N–H and O–H groups in total. The molecule has 0 unspecified atom stereocenters. The standard InChI is InChI=1S/C20H22N4OS/c1-14-19(15(2)24(23-14)13-16-9-5-4-6-10-16)22-20(26)21-17-11-7-8-12-18(17)25-3/h4-12H,13H2,1-3H3,(H2,21,22,26). The molecule has 0 bridgehead atoms. The Morgan fingerprint density at radius 2 is 1.73 bits per heavy atom. The second kappa shape index (κ2) is 8.01. The lowest BCUT2D eigenvalue weighted by molar-refractivity contribution is 0.417. The van der Waals surface area contributed by atoms with Gasteiger partial charge in [0.15, 0.2) is 5.11 Å². The maximum absolute atomic E-state index is 5.47. The molecule has 0 aliphatic heterocycles. The summed E-state index contributed by atoms with van der Waals surface area (Å²) in [4.78, 5) is 0. The second-order valence-electron chi connectivity index (χ2n) is 5.97. The van der Waals surface area contributed by atoms with Crippen molar-refractivity contribution < 1.29 is 4.74 Å². The molecule has 3 rings (SSSR count). The number of anilines is 2. The molecule has 0 atom stereocenters. The number of para-hydroxylation sites is 2. The van der Waals surface area contributed by atoms with E-state index in [1.807, 2.05) is 61.0 Å². The minimum Gasteiger partial charge on any atom is -0.495 e. The van der Waals surface area contributed by atoms with E-state index < -0.39 is 0 Å². The van der Waals surface area contributed by atoms with E-state index in [-0.39, 0.29) is 0 Å². The summed E-state index contributed by atoms with van der Waals surface area (Å²) in [5.41, 5.74) is 4.89. The van der Waals surface area contributed by atoms with Gasteiger partial charge in [-0.05, 0) is 43.8 Å². The van der Waals surface area contributed by atoms with Gasteiger partial charge in [0.05, 0.1) is 36.4 Å². The zero-order valence-electron chi connectivity index (χ0n) is 15.1. The molecule has 0 fully saturated rings. The SMILES string of the molecule is COc1ccccc1NC(=S)Nc1c(C)nn(Cc2ccccc2)c1C. The number of nitrogens with one attached hydrogen (secondary N) is 2. The third kappa shape index (κ3) is 4.03. The Bertz CT molecular complexity index is 905. The molecule has 0 saturated heterocycles. The molecule has 6 heteroatoms. The molecule has 0 amide bonds. The summed E-state index contributed by atoms with van der Waals surface area (Å²) in [7, 11) is 1.64. The van der Waals surface area contributed by atoms with Gasteiger partial charge in [-0.1, -0.05) is 42.5 Å². The number of ether oxygens (including phenoxy) is 1. The van der Waals surface area contributed by atoms with Gasteiger partial charge in [0.25, 0.3) is 0 Å². The molecule has 0 aliphatic rings. The molecule has 26 heavy (non-hydrogen) atoms. The third-order valence-electron chi connectivity index (χ3n) is 4.15. The molecule has 134 valence electrons. The largest absolute Gasteiger partial charge is 0.495 e. The van der Waals surface area contributed by atoms with E-state index in [4.69, 9.17) is 17.0 Å². The van der Waals surface area contributed by atoms with Crippen molar-refractivity contribution in [3.63, 3.8) is 0 Å². The Kier molecular flexibility index (Phi) is 5.53. The Labute approximate surface area is 159 Å². The average Bonchev–Trinajstić information content (AvgIpc) is 2.90. The zero-order chi connectivity index (χ0) is 18.5. The van der Waals surface area contributed by atoms with E-state index in [9.17, 15) is 0 Å². The molecular weight excluding hydrogens is 344 g/mol. The van der Waals surface area contributed by atoms with Crippen LogP contribution in [0.1, 0.15) is 17.0 Å². The van der Waals surface area contributed by atoms with Crippen molar-refractivity contribution in [1.29, 1.82) is 0 Å². The van der Waals surface area contributed by atoms with Gasteiger partial charge >= 0.3 is 0 Å². The molecule has 0 saturated carbocycles. The van der Waals surface area contributed by atoms with Crippen molar-refractivity contribution in [3.05, 3.63) is 71.5 Å². The van der Waals surface area contributed by atoms with Gasteiger partial charge < -0.3 is 15.4 Å². The van der Waals surface area contributed by atoms with Gasteiger partial charge in [-0.3, -0.25) is 4.68 Å². The average molecular weight is 366 g/mol. The lowest BCUT2D eigenvalue weighted by atomic mass is 10.2. The fourth-order valence-electron chi connectivity index (χ4n) is 2.80. The Hall–Kier alpha value is -2.86. The van der Waals surface area contributed by atoms with Crippen molar-refractivity contribution in [1.82, 2.24) is 9.78 Å². The van der Waals surface area contributed by atoms with Crippen LogP contribution in [0.4, 0.5) is 11.4 Å². The monoisotopic (exact) mass is 366 g/mol. The Morgan fingerprint density at radius 1 is 1.04 bits per heavy atom. The van der Waals surface area contributed by atoms with Crippen LogP contribution in [0.25, 0.3) is 0 Å². The fraction of sp³-hybridized carbons (Fsp3) is 0.200. The number of hydrogen-bond acceptors (Lipinski definition) is 3. The normalized spacial score (nSPS) is 10.4. The van der Waals surface area contributed by atoms with Gasteiger partial charge in [-0.2, -0.15) is 5.10 Å². The summed E-state index contributed by atoms with van der Waals surface area (Å²) >= 11 is 5.47. The topological polar surface area (TPSA) is 51.1 Å². The zero-order valence-corrected chi connectivity index (χ0v) is 15.9. The molecule has 0 aliphatic carbocycles. The summed E-state index contributed by atoms with van der Waals surface area (Å²) in [5.74, 6) is 0.741. The lowest BCUT2D eigenvalue weighted by Crippen LogP contribution is -2.20. The highest BCUT2D eigenvalue weighted by molar-refractivity contribution is 7.80. The highest BCUT2D eigenvalue weighted by Gasteiger charge is 2.13. The minimum absolute atomic E-state index is 0.500. The maximum Gasteiger partial charge on any atom is 0.175 e. The van der Waals surface area contributed by atoms with Crippen LogP contribution in [0.3, 0.4) is 0 Å². The molecule has 1 aromatic heterocycles. The number of aromatic nitrogens is 2. The predicted octanol–water partition coefficient (Wildman–Crippen LogP) is 4.37. The summed E-state index contributed by atoms with van der Waals surface area (Å²) in [5, 5.41) is 11.6. The van der Waals surface area contributed by atoms with Crippen molar-refractivity contribution in [2.45, 2.75) is 20.4 Å². The first-order valence-electron chi connectivity index (χ1n) is 8.37. The quantitative estimate of drug-likeness (QED) is 0.657. The van der Waals surface area contributed by atoms with Gasteiger partial charge in [0.2, 0.25) is 0 Å². The second-order valence-corrected chi connectivity index (χ2v) is 6.38. The minimum atomic E-state index is 0.500. The number of hydrogen-bond donors (Lipinski definition) is 2. The predicted molar refractivity (Wildman–Crippen MR) is 110 cm³/mol. The maximum atomic E-state index is 5.47. The fourth-order valence-corrected chi connectivity index (χ4v) is 3.02. The molecule has 5 nitrogen and oxygen atoms in total. The van der Waals surface area contributed by atoms with Crippen molar-refractivity contribution >= 4 is 28.7 Å². The first kappa shape index (κ1) is 17.9. The Morgan fingerprint density at radius 3 is 2.46 bits per heavy atom. The van der Waals surface area contributed by atoms with Crippen LogP contribution < -0.4 is 15.4 Å². The van der Waals surface area contributed by atoms with Gasteiger partial charge in [-0.15, -0.1) is 0 Å². The van der Waals surface area contributed by atoms with E-state index >= 15 is 0 Å². The third-order valence-corrected chi connectivity index (χ3v) is 4.35. The number of aryl methyl sites for hydroxylation is 1. The number of rotatable bonds is 5. The number of benzene rings is 2. The van der Waals surface area contributed by atoms with Crippen LogP contribution in [-0.2, 0) is 6.54 Å². The van der Waals surface area contributed by atoms with E-state index in [2.05, 4.69) is 27.9 Å². The van der Waals surface area contributed by atoms with E-state index in [1.165, 1.54) is 5.56 Å². The molecule has 3 aromatic rings. The molecule has 0 radical (unpaired) electrons. The van der Waals surface area contributed by atoms with E-state index in [0.717, 1.165) is 35.1 Å². The summed E-state index contributed by atoms with van der Waals surface area (Å²) in [6.07, 6.45) is 0. The molecule has 2 aromatic carbocycles. The van der Waals surface area contributed by atoms with Crippen molar-refractivity contribution in [2.75, 3.05) is 17.7 Å². The van der Waals surface area contributed by atoms with E-state index in [0.29, 0.717) is 5.11 Å². The van der Waals surface area contributed by atoms with Gasteiger partial charge in [0, 0.05) is 0 Å². The number of nitrogens with zero attached hydrogens (tertiary/aromatic N) is 2. The highest BCUT2D eigenvalue weighted by atomic mass is 32.1. The van der Waals surface area contributed by atoms with Crippen LogP contribution in [0, 0.1) is 13.8 Å². The first-order valence-corrected chi connectivity index (χ1v) is 8.78. The molecule has 0 spiro atoms. The van der Waals surface area contributed by atoms with Crippen LogP contribution >= 0.6 is 12.2 Å². The van der Waals surface area contributed by atoms with Crippen LogP contribution in [0.2, 0.25) is 0 Å². The summed E-state index contributed by atoms with van der Waals surface area (Å²) < 4.78 is 7.33. The van der Waals surface area contributed by atoms with Crippen LogP contribution in [0.5, 0.6) is 5.75 Å². The number of methoxy groups -OCH3 is 1. The Balaban J connectivity index is 1.74. The van der Waals surface area contributed by atoms with Gasteiger partial charge in [0.1, 0.15) is 5.75 Å². The summed E-state index contributed by atoms with van der Waals surface area (Å²) in [6.45, 7) is 4.74. The van der Waals surface area contributed by atoms with Crippen LogP contribution in [0.15, 0.2) is 54.6 Å². The van der Waals surface area contributed by atoms with Crippen molar-refractivity contribution in [3.8, 4) is 5.75 Å². The van der Waals surface area contributed by atoms with Gasteiger partial charge in [-0.25, -0.2) is 0 Å². The number of thiocarbonyl (C=S) groups is 1. The van der Waals surface area contributed by atoms with E-state index in [1.54, 1.807) is 7.11 Å². The lowest BCUT2D eigenvalue weighted by Gasteiger charge is -2.13. The molecular formula is C20H22N4OS. The highest BCUT2D eigenvalue weighted by Crippen LogP contribution is 2.24. The van der Waals surface area contributed by atoms with Crippen molar-refractivity contribution in [2.24, 2.45) is 0 Å². The first-order chi connectivity index (χ1) is 12.6.